The van der Waals surface area contributed by atoms with Gasteiger partial charge in [-0.05, 0) is 45.9 Å². The van der Waals surface area contributed by atoms with E-state index in [2.05, 4.69) is 26.6 Å². The van der Waals surface area contributed by atoms with Crippen LogP contribution in [0.5, 0.6) is 0 Å². The minimum absolute atomic E-state index is 0.311. The van der Waals surface area contributed by atoms with E-state index in [4.69, 9.17) is 4.74 Å². The number of ether oxygens (including phenoxy) is 1. The molecule has 0 fully saturated rings. The van der Waals surface area contributed by atoms with E-state index in [9.17, 15) is 9.59 Å². The first-order valence-electron chi connectivity index (χ1n) is 6.23. The molecule has 0 saturated carbocycles. The fraction of sp³-hybridized carbons (Fsp3) is 0.429. The Morgan fingerprint density at radius 2 is 1.95 bits per heavy atom. The van der Waals surface area contributed by atoms with Crippen LogP contribution in [0.1, 0.15) is 27.7 Å². The summed E-state index contributed by atoms with van der Waals surface area (Å²) in [5.74, 6) is -0.311. The van der Waals surface area contributed by atoms with Gasteiger partial charge in [0.15, 0.2) is 0 Å². The third kappa shape index (κ3) is 6.06. The zero-order chi connectivity index (χ0) is 15.3. The van der Waals surface area contributed by atoms with Crippen molar-refractivity contribution in [2.75, 3.05) is 5.32 Å². The van der Waals surface area contributed by atoms with Crippen molar-refractivity contribution in [1.82, 2.24) is 5.32 Å². The minimum atomic E-state index is -0.691. The number of hydrogen-bond donors (Lipinski definition) is 2. The number of halogens is 1. The summed E-state index contributed by atoms with van der Waals surface area (Å²) in [6, 6.07) is 6.52. The van der Waals surface area contributed by atoms with Crippen molar-refractivity contribution >= 4 is 33.6 Å². The van der Waals surface area contributed by atoms with E-state index in [1.54, 1.807) is 39.8 Å². The van der Waals surface area contributed by atoms with Crippen LogP contribution in [0.4, 0.5) is 10.5 Å². The van der Waals surface area contributed by atoms with E-state index in [-0.39, 0.29) is 5.91 Å². The molecule has 2 N–H and O–H groups in total. The Bertz CT molecular complexity index is 497. The van der Waals surface area contributed by atoms with Crippen molar-refractivity contribution in [3.63, 3.8) is 0 Å². The van der Waals surface area contributed by atoms with Crippen molar-refractivity contribution < 1.29 is 14.3 Å². The zero-order valence-electron chi connectivity index (χ0n) is 12.0. The quantitative estimate of drug-likeness (QED) is 0.885. The van der Waals surface area contributed by atoms with Crippen molar-refractivity contribution in [1.29, 1.82) is 0 Å². The SMILES string of the molecule is C[C@@H](NC(=O)OC(C)(C)C)C(=O)Nc1cccc(Br)c1. The predicted octanol–water partition coefficient (Wildman–Crippen LogP) is 3.30. The Balaban J connectivity index is 2.53. The average molecular weight is 343 g/mol. The molecule has 0 heterocycles. The molecule has 0 radical (unpaired) electrons. The van der Waals surface area contributed by atoms with Gasteiger partial charge in [0.25, 0.3) is 0 Å². The van der Waals surface area contributed by atoms with E-state index in [1.807, 2.05) is 12.1 Å². The average Bonchev–Trinajstić information content (AvgIpc) is 2.25. The van der Waals surface area contributed by atoms with Gasteiger partial charge in [-0.2, -0.15) is 0 Å². The fourth-order valence-electron chi connectivity index (χ4n) is 1.37. The Morgan fingerprint density at radius 1 is 1.30 bits per heavy atom. The molecular weight excluding hydrogens is 324 g/mol. The zero-order valence-corrected chi connectivity index (χ0v) is 13.6. The number of amides is 2. The highest BCUT2D eigenvalue weighted by molar-refractivity contribution is 9.10. The summed E-state index contributed by atoms with van der Waals surface area (Å²) in [6.07, 6.45) is -0.616. The number of carbonyl (C=O) groups excluding carboxylic acids is 2. The molecular formula is C14H19BrN2O3. The molecule has 2 amide bonds. The second-order valence-electron chi connectivity index (χ2n) is 5.37. The summed E-state index contributed by atoms with van der Waals surface area (Å²) in [4.78, 5) is 23.5. The largest absolute Gasteiger partial charge is 0.444 e. The molecule has 0 aliphatic rings. The van der Waals surface area contributed by atoms with Crippen LogP contribution < -0.4 is 10.6 Å². The molecule has 6 heteroatoms. The standard InChI is InChI=1S/C14H19BrN2O3/c1-9(16-13(19)20-14(2,3)4)12(18)17-11-7-5-6-10(15)8-11/h5-9H,1-4H3,(H,16,19)(H,17,18)/t9-/m1/s1. The van der Waals surface area contributed by atoms with Gasteiger partial charge in [0.1, 0.15) is 11.6 Å². The van der Waals surface area contributed by atoms with Gasteiger partial charge in [-0.25, -0.2) is 4.79 Å². The lowest BCUT2D eigenvalue weighted by molar-refractivity contribution is -0.117. The van der Waals surface area contributed by atoms with Crippen LogP contribution in [0.25, 0.3) is 0 Å². The van der Waals surface area contributed by atoms with Crippen LogP contribution >= 0.6 is 15.9 Å². The maximum absolute atomic E-state index is 11.9. The van der Waals surface area contributed by atoms with Crippen LogP contribution in [-0.4, -0.2) is 23.6 Å². The first-order chi connectivity index (χ1) is 9.17. The highest BCUT2D eigenvalue weighted by Gasteiger charge is 2.20. The summed E-state index contributed by atoms with van der Waals surface area (Å²) in [5, 5.41) is 5.20. The fourth-order valence-corrected chi connectivity index (χ4v) is 1.77. The molecule has 0 aliphatic heterocycles. The lowest BCUT2D eigenvalue weighted by atomic mass is 10.2. The Kier molecular flexibility index (Phi) is 5.56. The first kappa shape index (κ1) is 16.5. The molecule has 20 heavy (non-hydrogen) atoms. The van der Waals surface area contributed by atoms with E-state index in [0.29, 0.717) is 5.69 Å². The third-order valence-electron chi connectivity index (χ3n) is 2.22. The number of anilines is 1. The van der Waals surface area contributed by atoms with E-state index in [0.717, 1.165) is 4.47 Å². The molecule has 0 aliphatic carbocycles. The van der Waals surface area contributed by atoms with Gasteiger partial charge in [0.2, 0.25) is 5.91 Å². The molecule has 1 atom stereocenters. The Morgan fingerprint density at radius 3 is 2.50 bits per heavy atom. The molecule has 0 saturated heterocycles. The van der Waals surface area contributed by atoms with Crippen LogP contribution in [0.2, 0.25) is 0 Å². The molecule has 0 spiro atoms. The molecule has 0 bridgehead atoms. The van der Waals surface area contributed by atoms with E-state index >= 15 is 0 Å². The number of hydrogen-bond acceptors (Lipinski definition) is 3. The monoisotopic (exact) mass is 342 g/mol. The molecule has 110 valence electrons. The number of carbonyl (C=O) groups is 2. The molecule has 0 aromatic heterocycles. The third-order valence-corrected chi connectivity index (χ3v) is 2.71. The molecule has 5 nitrogen and oxygen atoms in total. The smallest absolute Gasteiger partial charge is 0.408 e. The van der Waals surface area contributed by atoms with Gasteiger partial charge in [-0.3, -0.25) is 4.79 Å². The molecule has 1 rings (SSSR count). The summed E-state index contributed by atoms with van der Waals surface area (Å²) >= 11 is 3.32. The maximum atomic E-state index is 11.9. The minimum Gasteiger partial charge on any atom is -0.444 e. The Labute approximate surface area is 127 Å². The molecule has 1 aromatic carbocycles. The maximum Gasteiger partial charge on any atom is 0.408 e. The summed E-state index contributed by atoms with van der Waals surface area (Å²) in [7, 11) is 0. The van der Waals surface area contributed by atoms with Gasteiger partial charge in [0, 0.05) is 10.2 Å². The van der Waals surface area contributed by atoms with Gasteiger partial charge in [-0.15, -0.1) is 0 Å². The highest BCUT2D eigenvalue weighted by Crippen LogP contribution is 2.15. The van der Waals surface area contributed by atoms with Gasteiger partial charge < -0.3 is 15.4 Å². The van der Waals surface area contributed by atoms with E-state index in [1.165, 1.54) is 0 Å². The first-order valence-corrected chi connectivity index (χ1v) is 7.02. The number of alkyl carbamates (subject to hydrolysis) is 1. The van der Waals surface area contributed by atoms with Crippen molar-refractivity contribution in [2.24, 2.45) is 0 Å². The van der Waals surface area contributed by atoms with Crippen molar-refractivity contribution in [3.8, 4) is 0 Å². The van der Waals surface area contributed by atoms with E-state index < -0.39 is 17.7 Å². The van der Waals surface area contributed by atoms with Crippen molar-refractivity contribution in [2.45, 2.75) is 39.3 Å². The van der Waals surface area contributed by atoms with Crippen LogP contribution in [0, 0.1) is 0 Å². The summed E-state index contributed by atoms with van der Waals surface area (Å²) < 4.78 is 5.95. The summed E-state index contributed by atoms with van der Waals surface area (Å²) in [6.45, 7) is 6.88. The van der Waals surface area contributed by atoms with Crippen molar-refractivity contribution in [3.05, 3.63) is 28.7 Å². The van der Waals surface area contributed by atoms with Crippen LogP contribution in [-0.2, 0) is 9.53 Å². The van der Waals surface area contributed by atoms with Crippen LogP contribution in [0.15, 0.2) is 28.7 Å². The molecule has 0 unspecified atom stereocenters. The number of nitrogens with one attached hydrogen (secondary N) is 2. The Hall–Kier alpha value is -1.56. The van der Waals surface area contributed by atoms with Gasteiger partial charge in [-0.1, -0.05) is 22.0 Å². The predicted molar refractivity (Wildman–Crippen MR) is 81.6 cm³/mol. The highest BCUT2D eigenvalue weighted by atomic mass is 79.9. The summed E-state index contributed by atoms with van der Waals surface area (Å²) in [5.41, 5.74) is 0.0621. The molecule has 1 aromatic rings. The lowest BCUT2D eigenvalue weighted by Gasteiger charge is -2.21. The van der Waals surface area contributed by atoms with Gasteiger partial charge >= 0.3 is 6.09 Å². The number of benzene rings is 1. The second kappa shape index (κ2) is 6.74. The topological polar surface area (TPSA) is 67.4 Å². The number of rotatable bonds is 3. The second-order valence-corrected chi connectivity index (χ2v) is 6.28. The van der Waals surface area contributed by atoms with Gasteiger partial charge in [0.05, 0.1) is 0 Å². The lowest BCUT2D eigenvalue weighted by Crippen LogP contribution is -2.43. The normalized spacial score (nSPS) is 12.4. The van der Waals surface area contributed by atoms with Crippen LogP contribution in [0.3, 0.4) is 0 Å².